The Kier molecular flexibility index (Phi) is 4.00. The Morgan fingerprint density at radius 2 is 2.29 bits per heavy atom. The molecule has 0 radical (unpaired) electrons. The number of H-pyrrole nitrogens is 1. The summed E-state index contributed by atoms with van der Waals surface area (Å²) in [6.07, 6.45) is 7.12. The summed E-state index contributed by atoms with van der Waals surface area (Å²) >= 11 is 7.73. The Hall–Kier alpha value is -1.39. The fraction of sp³-hybridized carbons (Fsp3) is 0.312. The number of thioether (sulfide) groups is 1. The van der Waals surface area contributed by atoms with Crippen molar-refractivity contribution < 1.29 is 4.74 Å². The van der Waals surface area contributed by atoms with Crippen LogP contribution >= 0.6 is 23.4 Å². The highest BCUT2D eigenvalue weighted by atomic mass is 35.5. The minimum Gasteiger partial charge on any atom is -0.495 e. The molecule has 5 heteroatoms. The zero-order chi connectivity index (χ0) is 15.0. The van der Waals surface area contributed by atoms with E-state index < -0.39 is 0 Å². The summed E-state index contributed by atoms with van der Waals surface area (Å²) in [5.41, 5.74) is 5.28. The summed E-state index contributed by atoms with van der Waals surface area (Å²) in [5, 5.41) is 0.337. The summed E-state index contributed by atoms with van der Waals surface area (Å²) in [6, 6.07) is 2.05. The number of hydrogen-bond donors (Lipinski definition) is 1. The number of aromatic nitrogens is 1. The molecule has 3 nitrogen and oxygen atoms in total. The lowest BCUT2D eigenvalue weighted by atomic mass is 10.2. The van der Waals surface area contributed by atoms with Crippen LogP contribution in [0.15, 0.2) is 38.8 Å². The lowest BCUT2D eigenvalue weighted by Gasteiger charge is -2.05. The van der Waals surface area contributed by atoms with Crippen LogP contribution in [0.25, 0.3) is 6.08 Å². The summed E-state index contributed by atoms with van der Waals surface area (Å²) in [5.74, 6) is 0.841. The summed E-state index contributed by atoms with van der Waals surface area (Å²) in [6.45, 7) is 4.07. The van der Waals surface area contributed by atoms with Crippen molar-refractivity contribution in [1.29, 1.82) is 0 Å². The van der Waals surface area contributed by atoms with Crippen LogP contribution in [-0.2, 0) is 0 Å². The lowest BCUT2D eigenvalue weighted by Crippen LogP contribution is -1.89. The molecule has 1 unspecified atom stereocenters. The molecule has 1 N–H and O–H groups in total. The molecule has 1 atom stereocenters. The van der Waals surface area contributed by atoms with Crippen LogP contribution < -0.4 is 4.74 Å². The number of nitrogens with one attached hydrogen (secondary N) is 1. The predicted octanol–water partition coefficient (Wildman–Crippen LogP) is 5.04. The Morgan fingerprint density at radius 1 is 1.48 bits per heavy atom. The van der Waals surface area contributed by atoms with Gasteiger partial charge in [-0.1, -0.05) is 17.7 Å². The predicted molar refractivity (Wildman–Crippen MR) is 91.1 cm³/mol. The van der Waals surface area contributed by atoms with Crippen molar-refractivity contribution in [3.63, 3.8) is 0 Å². The van der Waals surface area contributed by atoms with Crippen LogP contribution in [0, 0.1) is 0 Å². The van der Waals surface area contributed by atoms with Gasteiger partial charge in [-0.05, 0) is 38.0 Å². The van der Waals surface area contributed by atoms with Gasteiger partial charge in [0.2, 0.25) is 0 Å². The van der Waals surface area contributed by atoms with Crippen LogP contribution in [0.5, 0.6) is 5.75 Å². The van der Waals surface area contributed by atoms with Gasteiger partial charge in [-0.15, -0.1) is 11.8 Å². The Balaban J connectivity index is 1.91. The van der Waals surface area contributed by atoms with Crippen molar-refractivity contribution in [3.8, 4) is 5.75 Å². The zero-order valence-corrected chi connectivity index (χ0v) is 13.8. The minimum atomic E-state index is 0.337. The minimum absolute atomic E-state index is 0.337. The molecule has 0 aromatic carbocycles. The number of hydrogen-bond acceptors (Lipinski definition) is 3. The number of rotatable bonds is 3. The highest BCUT2D eigenvalue weighted by Gasteiger charge is 2.22. The van der Waals surface area contributed by atoms with Gasteiger partial charge < -0.3 is 9.72 Å². The van der Waals surface area contributed by atoms with Crippen molar-refractivity contribution in [2.45, 2.75) is 25.5 Å². The van der Waals surface area contributed by atoms with E-state index in [1.807, 2.05) is 13.0 Å². The molecule has 1 aromatic rings. The van der Waals surface area contributed by atoms with Gasteiger partial charge in [-0.2, -0.15) is 0 Å². The fourth-order valence-electron chi connectivity index (χ4n) is 2.52. The molecule has 110 valence electrons. The maximum absolute atomic E-state index is 6.05. The largest absolute Gasteiger partial charge is 0.495 e. The van der Waals surface area contributed by atoms with Gasteiger partial charge in [-0.25, -0.2) is 0 Å². The Labute approximate surface area is 133 Å². The molecule has 0 spiro atoms. The third kappa shape index (κ3) is 2.97. The standard InChI is InChI=1S/C16H17ClN2OS/c1-9-6-10(2)18-11(9)7-12-14(20-3)8-13(19-12)15-4-5-16(17)21-15/h5-8,15,19H,4H2,1-3H3. The molecule has 3 heterocycles. The van der Waals surface area contributed by atoms with Crippen LogP contribution in [0.1, 0.15) is 36.9 Å². The van der Waals surface area contributed by atoms with Gasteiger partial charge in [0, 0.05) is 17.5 Å². The Morgan fingerprint density at radius 3 is 2.86 bits per heavy atom. The molecule has 0 saturated heterocycles. The number of aliphatic imine (C=N–C) groups is 1. The van der Waals surface area contributed by atoms with Gasteiger partial charge >= 0.3 is 0 Å². The molecule has 3 rings (SSSR count). The van der Waals surface area contributed by atoms with Crippen LogP contribution in [0.3, 0.4) is 0 Å². The first kappa shape index (κ1) is 14.5. The molecule has 0 bridgehead atoms. The van der Waals surface area contributed by atoms with Crippen LogP contribution in [0.4, 0.5) is 0 Å². The number of nitrogens with zero attached hydrogens (tertiary/aromatic N) is 1. The zero-order valence-electron chi connectivity index (χ0n) is 12.2. The second-order valence-electron chi connectivity index (χ2n) is 5.17. The van der Waals surface area contributed by atoms with Gasteiger partial charge in [0.15, 0.2) is 0 Å². The highest BCUT2D eigenvalue weighted by molar-refractivity contribution is 8.05. The van der Waals surface area contributed by atoms with E-state index in [-0.39, 0.29) is 0 Å². The molecule has 2 aliphatic rings. The van der Waals surface area contributed by atoms with Gasteiger partial charge in [-0.3, -0.25) is 4.99 Å². The summed E-state index contributed by atoms with van der Waals surface area (Å²) in [4.78, 5) is 7.98. The number of allylic oxidation sites excluding steroid dienone is 3. The van der Waals surface area contributed by atoms with Gasteiger partial charge in [0.05, 0.1) is 28.1 Å². The lowest BCUT2D eigenvalue weighted by molar-refractivity contribution is 0.414. The fourth-order valence-corrected chi connectivity index (χ4v) is 3.85. The van der Waals surface area contributed by atoms with E-state index in [4.69, 9.17) is 16.3 Å². The van der Waals surface area contributed by atoms with Gasteiger partial charge in [0.1, 0.15) is 5.75 Å². The average molecular weight is 321 g/mol. The monoisotopic (exact) mass is 320 g/mol. The van der Waals surface area contributed by atoms with E-state index in [9.17, 15) is 0 Å². The number of halogens is 1. The molecule has 21 heavy (non-hydrogen) atoms. The van der Waals surface area contributed by atoms with Gasteiger partial charge in [0.25, 0.3) is 0 Å². The first-order valence-electron chi connectivity index (χ1n) is 6.81. The maximum atomic E-state index is 6.05. The molecular weight excluding hydrogens is 304 g/mol. The molecule has 0 fully saturated rings. The first-order chi connectivity index (χ1) is 10.1. The van der Waals surface area contributed by atoms with Crippen molar-refractivity contribution >= 4 is 35.2 Å². The topological polar surface area (TPSA) is 37.4 Å². The second kappa shape index (κ2) is 5.78. The summed E-state index contributed by atoms with van der Waals surface area (Å²) < 4.78 is 6.35. The average Bonchev–Trinajstić information content (AvgIpc) is 3.10. The SMILES string of the molecule is COc1cc(C2CC=C(Cl)S2)[nH]c1C=C1N=C(C)C=C1C. The van der Waals surface area contributed by atoms with Crippen LogP contribution in [-0.4, -0.2) is 17.8 Å². The molecule has 2 aliphatic heterocycles. The van der Waals surface area contributed by atoms with E-state index in [0.29, 0.717) is 5.25 Å². The van der Waals surface area contributed by atoms with E-state index in [1.165, 1.54) is 5.57 Å². The second-order valence-corrected chi connectivity index (χ2v) is 7.04. The van der Waals surface area contributed by atoms with E-state index in [2.05, 4.69) is 35.1 Å². The Bertz CT molecular complexity index is 697. The van der Waals surface area contributed by atoms with E-state index in [0.717, 1.165) is 39.3 Å². The van der Waals surface area contributed by atoms with Crippen molar-refractivity contribution in [1.82, 2.24) is 4.98 Å². The summed E-state index contributed by atoms with van der Waals surface area (Å²) in [7, 11) is 1.69. The molecule has 1 aromatic heterocycles. The van der Waals surface area contributed by atoms with E-state index in [1.54, 1.807) is 18.9 Å². The van der Waals surface area contributed by atoms with E-state index >= 15 is 0 Å². The first-order valence-corrected chi connectivity index (χ1v) is 8.07. The normalized spacial score (nSPS) is 23.3. The van der Waals surface area contributed by atoms with Crippen molar-refractivity contribution in [2.24, 2.45) is 4.99 Å². The maximum Gasteiger partial charge on any atom is 0.144 e. The smallest absolute Gasteiger partial charge is 0.144 e. The van der Waals surface area contributed by atoms with Crippen LogP contribution in [0.2, 0.25) is 0 Å². The molecule has 0 aliphatic carbocycles. The quantitative estimate of drug-likeness (QED) is 0.846. The third-order valence-electron chi connectivity index (χ3n) is 3.55. The number of methoxy groups -OCH3 is 1. The number of ether oxygens (including phenoxy) is 1. The van der Waals surface area contributed by atoms with Crippen molar-refractivity contribution in [3.05, 3.63) is 45.2 Å². The molecule has 0 saturated carbocycles. The third-order valence-corrected chi connectivity index (χ3v) is 5.10. The molecular formula is C16H17ClN2OS. The molecule has 0 amide bonds. The van der Waals surface area contributed by atoms with Crippen molar-refractivity contribution in [2.75, 3.05) is 7.11 Å². The highest BCUT2D eigenvalue weighted by Crippen LogP contribution is 2.46. The number of aromatic amines is 1.